The van der Waals surface area contributed by atoms with E-state index in [1.807, 2.05) is 14.0 Å². The van der Waals surface area contributed by atoms with E-state index in [9.17, 15) is 4.79 Å². The number of hydrogen-bond donors (Lipinski definition) is 1. The highest BCUT2D eigenvalue weighted by Gasteiger charge is 2.14. The van der Waals surface area contributed by atoms with Crippen molar-refractivity contribution >= 4 is 23.3 Å². The summed E-state index contributed by atoms with van der Waals surface area (Å²) in [6.07, 6.45) is 2.16. The van der Waals surface area contributed by atoms with E-state index in [0.717, 1.165) is 0 Å². The molecule has 0 aliphatic carbocycles. The van der Waals surface area contributed by atoms with Gasteiger partial charge in [-0.05, 0) is 25.5 Å². The maximum atomic E-state index is 12.1. The molecule has 0 atom stereocenters. The predicted molar refractivity (Wildman–Crippen MR) is 76.5 cm³/mol. The maximum absolute atomic E-state index is 12.1. The number of rotatable bonds is 7. The normalized spacial score (nSPS) is 10.3. The summed E-state index contributed by atoms with van der Waals surface area (Å²) in [5, 5.41) is 9.38. The van der Waals surface area contributed by atoms with Crippen molar-refractivity contribution < 1.29 is 9.90 Å². The SMILES string of the molecule is CCN(CCCO)C(=O)CN(C)c1ccc(Cl)cn1. The number of aromatic nitrogens is 1. The number of pyridine rings is 1. The minimum atomic E-state index is 0.0233. The number of anilines is 1. The zero-order valence-electron chi connectivity index (χ0n) is 11.3. The Morgan fingerprint density at radius 3 is 2.74 bits per heavy atom. The van der Waals surface area contributed by atoms with E-state index >= 15 is 0 Å². The van der Waals surface area contributed by atoms with Crippen molar-refractivity contribution in [3.05, 3.63) is 23.4 Å². The minimum Gasteiger partial charge on any atom is -0.396 e. The Morgan fingerprint density at radius 1 is 1.47 bits per heavy atom. The van der Waals surface area contributed by atoms with Crippen LogP contribution in [-0.2, 0) is 4.79 Å². The molecule has 19 heavy (non-hydrogen) atoms. The molecule has 6 heteroatoms. The Bertz CT molecular complexity index is 397. The fourth-order valence-electron chi connectivity index (χ4n) is 1.70. The van der Waals surface area contributed by atoms with Crippen LogP contribution in [0.15, 0.2) is 18.3 Å². The van der Waals surface area contributed by atoms with Gasteiger partial charge in [0.15, 0.2) is 0 Å². The van der Waals surface area contributed by atoms with Crippen molar-refractivity contribution in [3.63, 3.8) is 0 Å². The van der Waals surface area contributed by atoms with E-state index in [0.29, 0.717) is 30.4 Å². The Balaban J connectivity index is 2.57. The van der Waals surface area contributed by atoms with Crippen LogP contribution in [0.3, 0.4) is 0 Å². The summed E-state index contributed by atoms with van der Waals surface area (Å²) in [5.74, 6) is 0.728. The second-order valence-electron chi connectivity index (χ2n) is 4.24. The molecule has 0 unspecified atom stereocenters. The van der Waals surface area contributed by atoms with Crippen molar-refractivity contribution in [1.82, 2.24) is 9.88 Å². The summed E-state index contributed by atoms with van der Waals surface area (Å²) in [5.41, 5.74) is 0. The van der Waals surface area contributed by atoms with Gasteiger partial charge < -0.3 is 14.9 Å². The largest absolute Gasteiger partial charge is 0.396 e. The Kier molecular flexibility index (Phi) is 6.59. The fourth-order valence-corrected chi connectivity index (χ4v) is 1.81. The van der Waals surface area contributed by atoms with Crippen LogP contribution in [0.1, 0.15) is 13.3 Å². The van der Waals surface area contributed by atoms with Gasteiger partial charge in [0.05, 0.1) is 11.6 Å². The monoisotopic (exact) mass is 285 g/mol. The van der Waals surface area contributed by atoms with Crippen LogP contribution in [0.2, 0.25) is 5.02 Å². The maximum Gasteiger partial charge on any atom is 0.242 e. The summed E-state index contributed by atoms with van der Waals surface area (Å²) < 4.78 is 0. The van der Waals surface area contributed by atoms with Crippen LogP contribution in [0.4, 0.5) is 5.82 Å². The summed E-state index contributed by atoms with van der Waals surface area (Å²) in [6.45, 7) is 3.50. The van der Waals surface area contributed by atoms with Crippen molar-refractivity contribution in [2.75, 3.05) is 38.2 Å². The molecule has 5 nitrogen and oxygen atoms in total. The van der Waals surface area contributed by atoms with Gasteiger partial charge in [-0.1, -0.05) is 11.6 Å². The highest BCUT2D eigenvalue weighted by molar-refractivity contribution is 6.30. The number of amides is 1. The molecular formula is C13H20ClN3O2. The first-order valence-corrected chi connectivity index (χ1v) is 6.67. The van der Waals surface area contributed by atoms with Gasteiger partial charge in [-0.2, -0.15) is 0 Å². The number of carbonyl (C=O) groups is 1. The van der Waals surface area contributed by atoms with Crippen LogP contribution in [0.25, 0.3) is 0 Å². The molecule has 0 aliphatic heterocycles. The van der Waals surface area contributed by atoms with E-state index < -0.39 is 0 Å². The van der Waals surface area contributed by atoms with E-state index in [1.165, 1.54) is 0 Å². The lowest BCUT2D eigenvalue weighted by Gasteiger charge is -2.24. The first-order valence-electron chi connectivity index (χ1n) is 6.29. The highest BCUT2D eigenvalue weighted by atomic mass is 35.5. The highest BCUT2D eigenvalue weighted by Crippen LogP contribution is 2.12. The third-order valence-electron chi connectivity index (χ3n) is 2.80. The molecule has 1 aromatic heterocycles. The number of aliphatic hydroxyl groups is 1. The number of likely N-dealkylation sites (N-methyl/N-ethyl adjacent to an activating group) is 2. The zero-order valence-corrected chi connectivity index (χ0v) is 12.1. The number of halogens is 1. The molecule has 0 saturated carbocycles. The molecule has 0 bridgehead atoms. The summed E-state index contributed by atoms with van der Waals surface area (Å²) in [7, 11) is 1.81. The van der Waals surface area contributed by atoms with E-state index in [1.54, 1.807) is 28.1 Å². The fraction of sp³-hybridized carbons (Fsp3) is 0.538. The number of nitrogens with zero attached hydrogens (tertiary/aromatic N) is 3. The van der Waals surface area contributed by atoms with Gasteiger partial charge in [0.2, 0.25) is 5.91 Å². The Hall–Kier alpha value is -1.33. The van der Waals surface area contributed by atoms with Crippen molar-refractivity contribution in [2.24, 2.45) is 0 Å². The second kappa shape index (κ2) is 7.96. The van der Waals surface area contributed by atoms with Crippen LogP contribution in [0.5, 0.6) is 0 Å². The molecule has 0 radical (unpaired) electrons. The number of aliphatic hydroxyl groups excluding tert-OH is 1. The number of hydrogen-bond acceptors (Lipinski definition) is 4. The average molecular weight is 286 g/mol. The molecular weight excluding hydrogens is 266 g/mol. The topological polar surface area (TPSA) is 56.7 Å². The molecule has 0 aliphatic rings. The van der Waals surface area contributed by atoms with Crippen LogP contribution >= 0.6 is 11.6 Å². The van der Waals surface area contributed by atoms with Gasteiger partial charge in [-0.3, -0.25) is 4.79 Å². The quantitative estimate of drug-likeness (QED) is 0.823. The van der Waals surface area contributed by atoms with Crippen LogP contribution in [0, 0.1) is 0 Å². The molecule has 0 aromatic carbocycles. The molecule has 1 N–H and O–H groups in total. The molecule has 0 fully saturated rings. The van der Waals surface area contributed by atoms with Gasteiger partial charge in [0, 0.05) is 32.9 Å². The van der Waals surface area contributed by atoms with Gasteiger partial charge >= 0.3 is 0 Å². The predicted octanol–water partition coefficient (Wildman–Crippen LogP) is 1.40. The van der Waals surface area contributed by atoms with E-state index in [4.69, 9.17) is 16.7 Å². The third-order valence-corrected chi connectivity index (χ3v) is 3.02. The van der Waals surface area contributed by atoms with Gasteiger partial charge in [0.25, 0.3) is 0 Å². The molecule has 0 spiro atoms. The van der Waals surface area contributed by atoms with Gasteiger partial charge in [0.1, 0.15) is 5.82 Å². The molecule has 0 saturated heterocycles. The summed E-state index contributed by atoms with van der Waals surface area (Å²) in [4.78, 5) is 19.7. The molecule has 106 valence electrons. The lowest BCUT2D eigenvalue weighted by molar-refractivity contribution is -0.129. The number of carbonyl (C=O) groups excluding carboxylic acids is 1. The summed E-state index contributed by atoms with van der Waals surface area (Å²) >= 11 is 5.77. The van der Waals surface area contributed by atoms with E-state index in [2.05, 4.69) is 4.98 Å². The third kappa shape index (κ3) is 5.04. The van der Waals surface area contributed by atoms with Crippen LogP contribution in [-0.4, -0.2) is 54.2 Å². The molecule has 1 amide bonds. The summed E-state index contributed by atoms with van der Waals surface area (Å²) in [6, 6.07) is 3.52. The van der Waals surface area contributed by atoms with Crippen molar-refractivity contribution in [3.8, 4) is 0 Å². The molecule has 1 aromatic rings. The molecule has 1 rings (SSSR count). The van der Waals surface area contributed by atoms with Crippen molar-refractivity contribution in [2.45, 2.75) is 13.3 Å². The van der Waals surface area contributed by atoms with Crippen molar-refractivity contribution in [1.29, 1.82) is 0 Å². The molecule has 1 heterocycles. The van der Waals surface area contributed by atoms with Gasteiger partial charge in [-0.15, -0.1) is 0 Å². The second-order valence-corrected chi connectivity index (χ2v) is 4.68. The Morgan fingerprint density at radius 2 is 2.21 bits per heavy atom. The first-order chi connectivity index (χ1) is 9.08. The minimum absolute atomic E-state index is 0.0233. The smallest absolute Gasteiger partial charge is 0.242 e. The zero-order chi connectivity index (χ0) is 14.3. The lowest BCUT2D eigenvalue weighted by atomic mass is 10.3. The average Bonchev–Trinajstić information content (AvgIpc) is 2.40. The first kappa shape index (κ1) is 15.7. The standard InChI is InChI=1S/C13H20ClN3O2/c1-3-17(7-4-8-18)13(19)10-16(2)12-6-5-11(14)9-15-12/h5-6,9,18H,3-4,7-8,10H2,1-2H3. The van der Waals surface area contributed by atoms with Gasteiger partial charge in [-0.25, -0.2) is 4.98 Å². The Labute approximate surface area is 118 Å². The van der Waals surface area contributed by atoms with E-state index in [-0.39, 0.29) is 19.1 Å². The lowest BCUT2D eigenvalue weighted by Crippen LogP contribution is -2.39. The van der Waals surface area contributed by atoms with Crippen LogP contribution < -0.4 is 4.90 Å².